The number of nitrogens with zero attached hydrogens (tertiary/aromatic N) is 2. The lowest BCUT2D eigenvalue weighted by atomic mass is 10.00. The maximum Gasteiger partial charge on any atom is 0.211 e. The van der Waals surface area contributed by atoms with E-state index < -0.39 is 10.0 Å². The molecule has 0 aliphatic carbocycles. The van der Waals surface area contributed by atoms with Crippen molar-refractivity contribution in [3.05, 3.63) is 42.0 Å². The van der Waals surface area contributed by atoms with E-state index in [0.29, 0.717) is 19.5 Å². The summed E-state index contributed by atoms with van der Waals surface area (Å²) in [6, 6.07) is 10.5. The van der Waals surface area contributed by atoms with E-state index in [9.17, 15) is 8.42 Å². The van der Waals surface area contributed by atoms with Gasteiger partial charge in [0.05, 0.1) is 5.75 Å². The Morgan fingerprint density at radius 1 is 1.23 bits per heavy atom. The lowest BCUT2D eigenvalue weighted by molar-refractivity contribution is 0.440. The van der Waals surface area contributed by atoms with Crippen molar-refractivity contribution in [3.8, 4) is 0 Å². The minimum absolute atomic E-state index is 0.114. The summed E-state index contributed by atoms with van der Waals surface area (Å²) in [5.41, 5.74) is 2.67. The normalized spacial score (nSPS) is 15.7. The third kappa shape index (κ3) is 6.46. The Hall–Kier alpha value is -1.86. The van der Waals surface area contributed by atoms with Crippen LogP contribution in [0.2, 0.25) is 0 Å². The van der Waals surface area contributed by atoms with Crippen LogP contribution in [-0.2, 0) is 10.0 Å². The van der Waals surface area contributed by atoms with Crippen molar-refractivity contribution in [1.29, 1.82) is 0 Å². The molecule has 0 saturated heterocycles. The molecule has 2 N–H and O–H groups in total. The highest BCUT2D eigenvalue weighted by molar-refractivity contribution is 7.89. The molecule has 1 heterocycles. The molecule has 2 rings (SSSR count). The van der Waals surface area contributed by atoms with Gasteiger partial charge in [0.2, 0.25) is 10.0 Å². The summed E-state index contributed by atoms with van der Waals surface area (Å²) >= 11 is 0. The molecule has 1 aliphatic heterocycles. The molecule has 6 nitrogen and oxygen atoms in total. The molecule has 7 heteroatoms. The summed E-state index contributed by atoms with van der Waals surface area (Å²) < 4.78 is 25.4. The Bertz CT molecular complexity index is 714. The molecule has 1 aliphatic rings. The van der Waals surface area contributed by atoms with Gasteiger partial charge in [-0.05, 0) is 37.8 Å². The first-order valence-electron chi connectivity index (χ1n) is 9.30. The lowest BCUT2D eigenvalue weighted by Crippen LogP contribution is -2.43. The molecule has 0 atom stereocenters. The molecule has 1 aromatic rings. The molecule has 1 aromatic carbocycles. The maximum absolute atomic E-state index is 11.4. The topological polar surface area (TPSA) is 73.8 Å². The third-order valence-electron chi connectivity index (χ3n) is 4.29. The van der Waals surface area contributed by atoms with Crippen LogP contribution in [-0.4, -0.2) is 57.8 Å². The molecule has 0 saturated carbocycles. The SMILES string of the molecule is CCNC(=NCCCNS(=O)(=O)CC)N1CC=C(c2ccccc2)CC1. The first kappa shape index (κ1) is 20.5. The Labute approximate surface area is 157 Å². The molecule has 144 valence electrons. The summed E-state index contributed by atoms with van der Waals surface area (Å²) in [7, 11) is -3.12. The van der Waals surface area contributed by atoms with E-state index in [-0.39, 0.29) is 5.75 Å². The van der Waals surface area contributed by atoms with Crippen molar-refractivity contribution in [2.75, 3.05) is 38.5 Å². The fourth-order valence-corrected chi connectivity index (χ4v) is 3.45. The van der Waals surface area contributed by atoms with Crippen LogP contribution < -0.4 is 10.0 Å². The zero-order chi connectivity index (χ0) is 18.8. The van der Waals surface area contributed by atoms with E-state index in [1.165, 1.54) is 11.1 Å². The summed E-state index contributed by atoms with van der Waals surface area (Å²) in [4.78, 5) is 6.89. The quantitative estimate of drug-likeness (QED) is 0.413. The van der Waals surface area contributed by atoms with Gasteiger partial charge in [-0.1, -0.05) is 36.4 Å². The van der Waals surface area contributed by atoms with Crippen molar-refractivity contribution in [1.82, 2.24) is 14.9 Å². The van der Waals surface area contributed by atoms with Crippen LogP contribution in [0.4, 0.5) is 0 Å². The fourth-order valence-electron chi connectivity index (χ4n) is 2.80. The summed E-state index contributed by atoms with van der Waals surface area (Å²) in [6.07, 6.45) is 3.94. The van der Waals surface area contributed by atoms with Crippen LogP contribution in [0.3, 0.4) is 0 Å². The van der Waals surface area contributed by atoms with Gasteiger partial charge >= 0.3 is 0 Å². The number of nitrogens with one attached hydrogen (secondary N) is 2. The molecule has 0 bridgehead atoms. The molecule has 26 heavy (non-hydrogen) atoms. The number of guanidine groups is 1. The van der Waals surface area contributed by atoms with Crippen molar-refractivity contribution < 1.29 is 8.42 Å². The molecular weight excluding hydrogens is 348 g/mol. The first-order valence-corrected chi connectivity index (χ1v) is 11.0. The maximum atomic E-state index is 11.4. The van der Waals surface area contributed by atoms with Crippen molar-refractivity contribution in [2.45, 2.75) is 26.7 Å². The van der Waals surface area contributed by atoms with E-state index >= 15 is 0 Å². The highest BCUT2D eigenvalue weighted by atomic mass is 32.2. The Morgan fingerprint density at radius 3 is 2.62 bits per heavy atom. The van der Waals surface area contributed by atoms with Gasteiger partial charge in [0.1, 0.15) is 0 Å². The smallest absolute Gasteiger partial charge is 0.211 e. The van der Waals surface area contributed by atoms with Gasteiger partial charge in [-0.25, -0.2) is 13.1 Å². The third-order valence-corrected chi connectivity index (χ3v) is 5.69. The summed E-state index contributed by atoms with van der Waals surface area (Å²) in [5, 5.41) is 3.33. The standard InChI is InChI=1S/C19H30N4O2S/c1-3-20-19(21-13-8-14-22-26(24,25)4-2)23-15-11-18(12-16-23)17-9-6-5-7-10-17/h5-7,9-11,22H,3-4,8,12-16H2,1-2H3,(H,20,21). The number of rotatable bonds is 8. The van der Waals surface area contributed by atoms with E-state index in [1.54, 1.807) is 6.92 Å². The van der Waals surface area contributed by atoms with Crippen molar-refractivity contribution in [3.63, 3.8) is 0 Å². The number of hydrogen-bond acceptors (Lipinski definition) is 3. The van der Waals surface area contributed by atoms with Crippen molar-refractivity contribution in [2.24, 2.45) is 4.99 Å². The molecule has 0 aromatic heterocycles. The lowest BCUT2D eigenvalue weighted by Gasteiger charge is -2.30. The fraction of sp³-hybridized carbons (Fsp3) is 0.526. The molecule has 0 unspecified atom stereocenters. The number of benzene rings is 1. The van der Waals surface area contributed by atoms with Gasteiger partial charge in [-0.15, -0.1) is 0 Å². The predicted molar refractivity (Wildman–Crippen MR) is 109 cm³/mol. The van der Waals surface area contributed by atoms with Crippen LogP contribution in [0.1, 0.15) is 32.3 Å². The number of hydrogen-bond donors (Lipinski definition) is 2. The first-order chi connectivity index (χ1) is 12.6. The Balaban J connectivity index is 1.88. The van der Waals surface area contributed by atoms with Crippen LogP contribution >= 0.6 is 0 Å². The van der Waals surface area contributed by atoms with Gasteiger partial charge in [0.15, 0.2) is 5.96 Å². The van der Waals surface area contributed by atoms with Crippen LogP contribution in [0.5, 0.6) is 0 Å². The predicted octanol–water partition coefficient (Wildman–Crippen LogP) is 2.07. The minimum atomic E-state index is -3.12. The number of aliphatic imine (C=N–C) groups is 1. The second-order valence-corrected chi connectivity index (χ2v) is 8.27. The summed E-state index contributed by atoms with van der Waals surface area (Å²) in [6.45, 7) is 7.29. The zero-order valence-electron chi connectivity index (χ0n) is 15.7. The van der Waals surface area contributed by atoms with Crippen LogP contribution in [0.15, 0.2) is 41.4 Å². The van der Waals surface area contributed by atoms with E-state index in [2.05, 4.69) is 57.2 Å². The van der Waals surface area contributed by atoms with E-state index in [1.807, 2.05) is 6.07 Å². The minimum Gasteiger partial charge on any atom is -0.357 e. The molecule has 0 spiro atoms. The van der Waals surface area contributed by atoms with Crippen molar-refractivity contribution >= 4 is 21.6 Å². The molecular formula is C19H30N4O2S. The van der Waals surface area contributed by atoms with E-state index in [0.717, 1.165) is 32.0 Å². The van der Waals surface area contributed by atoms with Gasteiger partial charge in [-0.2, -0.15) is 0 Å². The average Bonchev–Trinajstić information content (AvgIpc) is 2.68. The van der Waals surface area contributed by atoms with Gasteiger partial charge in [0.25, 0.3) is 0 Å². The van der Waals surface area contributed by atoms with E-state index in [4.69, 9.17) is 0 Å². The Morgan fingerprint density at radius 2 is 2.00 bits per heavy atom. The highest BCUT2D eigenvalue weighted by Gasteiger charge is 2.16. The largest absolute Gasteiger partial charge is 0.357 e. The van der Waals surface area contributed by atoms with Crippen LogP contribution in [0, 0.1) is 0 Å². The monoisotopic (exact) mass is 378 g/mol. The van der Waals surface area contributed by atoms with Gasteiger partial charge in [0, 0.05) is 32.7 Å². The second kappa shape index (κ2) is 10.3. The second-order valence-electron chi connectivity index (χ2n) is 6.18. The Kier molecular flexibility index (Phi) is 8.12. The molecule has 0 amide bonds. The number of sulfonamides is 1. The highest BCUT2D eigenvalue weighted by Crippen LogP contribution is 2.21. The average molecular weight is 379 g/mol. The zero-order valence-corrected chi connectivity index (χ0v) is 16.6. The van der Waals surface area contributed by atoms with Gasteiger partial charge in [-0.3, -0.25) is 4.99 Å². The van der Waals surface area contributed by atoms with Gasteiger partial charge < -0.3 is 10.2 Å². The summed E-state index contributed by atoms with van der Waals surface area (Å²) in [5.74, 6) is 1.01. The molecule has 0 fully saturated rings. The molecule has 0 radical (unpaired) electrons. The van der Waals surface area contributed by atoms with Crippen LogP contribution in [0.25, 0.3) is 5.57 Å².